The molecular weight excluding hydrogens is 361 g/mol. The first kappa shape index (κ1) is 17.9. The molecule has 28 heavy (non-hydrogen) atoms. The summed E-state index contributed by atoms with van der Waals surface area (Å²) >= 11 is 0. The molecule has 2 heterocycles. The van der Waals surface area contributed by atoms with Crippen LogP contribution in [-0.2, 0) is 4.79 Å². The maximum Gasteiger partial charge on any atom is 0.261 e. The molecule has 7 heteroatoms. The van der Waals surface area contributed by atoms with Crippen molar-refractivity contribution in [3.63, 3.8) is 0 Å². The second-order valence-corrected chi connectivity index (χ2v) is 6.62. The van der Waals surface area contributed by atoms with E-state index < -0.39 is 0 Å². The molecule has 0 saturated carbocycles. The molecule has 1 N–H and O–H groups in total. The number of hydrogen-bond donors (Lipinski definition) is 1. The number of halogens is 1. The Kier molecular flexibility index (Phi) is 4.65. The molecule has 2 aromatic carbocycles. The van der Waals surface area contributed by atoms with E-state index in [1.165, 1.54) is 12.1 Å². The van der Waals surface area contributed by atoms with Crippen LogP contribution in [0.3, 0.4) is 0 Å². The first-order valence-electron chi connectivity index (χ1n) is 8.97. The fourth-order valence-electron chi connectivity index (χ4n) is 3.31. The summed E-state index contributed by atoms with van der Waals surface area (Å²) in [5, 5.41) is 6.79. The highest BCUT2D eigenvalue weighted by Crippen LogP contribution is 2.28. The molecule has 0 aliphatic carbocycles. The van der Waals surface area contributed by atoms with Crippen LogP contribution in [0.15, 0.2) is 53.1 Å². The molecule has 2 amide bonds. The Morgan fingerprint density at radius 2 is 2.00 bits per heavy atom. The zero-order valence-electron chi connectivity index (χ0n) is 15.2. The van der Waals surface area contributed by atoms with Gasteiger partial charge >= 0.3 is 0 Å². The predicted molar refractivity (Wildman–Crippen MR) is 103 cm³/mol. The second-order valence-electron chi connectivity index (χ2n) is 6.62. The molecule has 6 nitrogen and oxygen atoms in total. The molecule has 1 fully saturated rings. The molecule has 1 saturated heterocycles. The summed E-state index contributed by atoms with van der Waals surface area (Å²) in [4.78, 5) is 26.6. The Bertz CT molecular complexity index is 1040. The van der Waals surface area contributed by atoms with E-state index in [2.05, 4.69) is 10.5 Å². The normalized spacial score (nSPS) is 13.8. The molecule has 1 aliphatic rings. The van der Waals surface area contributed by atoms with E-state index in [9.17, 15) is 14.0 Å². The zero-order valence-corrected chi connectivity index (χ0v) is 15.2. The van der Waals surface area contributed by atoms with Crippen LogP contribution in [0, 0.1) is 12.7 Å². The van der Waals surface area contributed by atoms with Crippen molar-refractivity contribution in [3.8, 4) is 11.3 Å². The molecule has 0 unspecified atom stereocenters. The van der Waals surface area contributed by atoms with Gasteiger partial charge in [-0.3, -0.25) is 9.59 Å². The minimum absolute atomic E-state index is 0.0805. The van der Waals surface area contributed by atoms with Crippen molar-refractivity contribution in [2.45, 2.75) is 19.8 Å². The van der Waals surface area contributed by atoms with Crippen molar-refractivity contribution < 1.29 is 18.5 Å². The molecule has 1 aliphatic heterocycles. The number of aromatic nitrogens is 1. The van der Waals surface area contributed by atoms with Crippen molar-refractivity contribution in [2.24, 2.45) is 0 Å². The van der Waals surface area contributed by atoms with Crippen molar-refractivity contribution in [2.75, 3.05) is 16.8 Å². The summed E-state index contributed by atoms with van der Waals surface area (Å²) in [7, 11) is 0. The number of rotatable bonds is 4. The highest BCUT2D eigenvalue weighted by atomic mass is 19.1. The summed E-state index contributed by atoms with van der Waals surface area (Å²) < 4.78 is 18.4. The lowest BCUT2D eigenvalue weighted by Crippen LogP contribution is -2.23. The minimum Gasteiger partial charge on any atom is -0.360 e. The number of aryl methyl sites for hydroxylation is 1. The second kappa shape index (κ2) is 7.26. The fourth-order valence-corrected chi connectivity index (χ4v) is 3.31. The highest BCUT2D eigenvalue weighted by Gasteiger charge is 2.24. The average molecular weight is 379 g/mol. The molecule has 0 spiro atoms. The van der Waals surface area contributed by atoms with E-state index in [1.54, 1.807) is 42.2 Å². The quantitative estimate of drug-likeness (QED) is 0.738. The number of nitrogens with one attached hydrogen (secondary N) is 1. The molecule has 3 aromatic rings. The molecule has 142 valence electrons. The van der Waals surface area contributed by atoms with Crippen molar-refractivity contribution in [1.29, 1.82) is 0 Å². The van der Waals surface area contributed by atoms with Gasteiger partial charge in [-0.1, -0.05) is 11.2 Å². The van der Waals surface area contributed by atoms with Crippen LogP contribution in [0.2, 0.25) is 0 Å². The first-order valence-corrected chi connectivity index (χ1v) is 8.97. The maximum atomic E-state index is 13.2. The summed E-state index contributed by atoms with van der Waals surface area (Å²) in [6, 6.07) is 12.8. The van der Waals surface area contributed by atoms with E-state index >= 15 is 0 Å². The van der Waals surface area contributed by atoms with Crippen LogP contribution in [0.1, 0.15) is 29.0 Å². The Morgan fingerprint density at radius 1 is 1.21 bits per heavy atom. The van der Waals surface area contributed by atoms with Gasteiger partial charge in [0.1, 0.15) is 22.8 Å². The van der Waals surface area contributed by atoms with Crippen molar-refractivity contribution in [1.82, 2.24) is 5.16 Å². The number of anilines is 2. The smallest absolute Gasteiger partial charge is 0.261 e. The summed E-state index contributed by atoms with van der Waals surface area (Å²) in [6.07, 6.45) is 1.37. The third-order valence-electron chi connectivity index (χ3n) is 4.70. The number of carbonyl (C=O) groups is 2. The van der Waals surface area contributed by atoms with Crippen LogP contribution < -0.4 is 10.2 Å². The van der Waals surface area contributed by atoms with Gasteiger partial charge in [0.25, 0.3) is 5.91 Å². The largest absolute Gasteiger partial charge is 0.360 e. The Morgan fingerprint density at radius 3 is 2.71 bits per heavy atom. The Labute approximate surface area is 160 Å². The third-order valence-corrected chi connectivity index (χ3v) is 4.70. The summed E-state index contributed by atoms with van der Waals surface area (Å²) in [5.41, 5.74) is 2.53. The lowest BCUT2D eigenvalue weighted by atomic mass is 10.1. The lowest BCUT2D eigenvalue weighted by molar-refractivity contribution is -0.117. The van der Waals surface area contributed by atoms with Gasteiger partial charge in [0.2, 0.25) is 5.91 Å². The molecule has 0 atom stereocenters. The minimum atomic E-state index is -0.386. The van der Waals surface area contributed by atoms with E-state index in [0.29, 0.717) is 35.7 Å². The van der Waals surface area contributed by atoms with Gasteiger partial charge in [-0.05, 0) is 55.8 Å². The van der Waals surface area contributed by atoms with E-state index in [-0.39, 0.29) is 23.2 Å². The third kappa shape index (κ3) is 3.38. The van der Waals surface area contributed by atoms with Gasteiger partial charge < -0.3 is 14.7 Å². The topological polar surface area (TPSA) is 75.4 Å². The van der Waals surface area contributed by atoms with Crippen LogP contribution in [-0.4, -0.2) is 23.5 Å². The Hall–Kier alpha value is -3.48. The van der Waals surface area contributed by atoms with E-state index in [0.717, 1.165) is 12.1 Å². The number of nitrogens with zero attached hydrogens (tertiary/aromatic N) is 2. The van der Waals surface area contributed by atoms with Gasteiger partial charge in [-0.2, -0.15) is 0 Å². The highest BCUT2D eigenvalue weighted by molar-refractivity contribution is 6.09. The van der Waals surface area contributed by atoms with E-state index in [1.807, 2.05) is 6.07 Å². The predicted octanol–water partition coefficient (Wildman–Crippen LogP) is 4.17. The SMILES string of the molecule is Cc1onc(-c2ccc(F)cc2)c1C(=O)Nc1cccc(N2CCCC2=O)c1. The van der Waals surface area contributed by atoms with Crippen LogP contribution in [0.25, 0.3) is 11.3 Å². The summed E-state index contributed by atoms with van der Waals surface area (Å²) in [6.45, 7) is 2.32. The van der Waals surface area contributed by atoms with Gasteiger partial charge in [0.05, 0.1) is 0 Å². The lowest BCUT2D eigenvalue weighted by Gasteiger charge is -2.16. The molecule has 0 radical (unpaired) electrons. The number of carbonyl (C=O) groups excluding carboxylic acids is 2. The number of amides is 2. The van der Waals surface area contributed by atoms with E-state index in [4.69, 9.17) is 4.52 Å². The molecule has 4 rings (SSSR count). The monoisotopic (exact) mass is 379 g/mol. The van der Waals surface area contributed by atoms with Crippen LogP contribution in [0.4, 0.5) is 15.8 Å². The Balaban J connectivity index is 1.60. The van der Waals surface area contributed by atoms with Crippen molar-refractivity contribution in [3.05, 3.63) is 65.7 Å². The van der Waals surface area contributed by atoms with Gasteiger partial charge in [0, 0.05) is 29.9 Å². The first-order chi connectivity index (χ1) is 13.5. The zero-order chi connectivity index (χ0) is 19.7. The van der Waals surface area contributed by atoms with Crippen molar-refractivity contribution >= 4 is 23.2 Å². The fraction of sp³-hybridized carbons (Fsp3) is 0.190. The average Bonchev–Trinajstić information content (AvgIpc) is 3.28. The number of hydrogen-bond acceptors (Lipinski definition) is 4. The molecule has 0 bridgehead atoms. The molecule has 1 aromatic heterocycles. The maximum absolute atomic E-state index is 13.2. The van der Waals surface area contributed by atoms with Gasteiger partial charge in [-0.25, -0.2) is 4.39 Å². The van der Waals surface area contributed by atoms with Gasteiger partial charge in [-0.15, -0.1) is 0 Å². The number of benzene rings is 2. The van der Waals surface area contributed by atoms with Gasteiger partial charge in [0.15, 0.2) is 0 Å². The summed E-state index contributed by atoms with van der Waals surface area (Å²) in [5.74, 6) is -0.314. The van der Waals surface area contributed by atoms with Crippen LogP contribution in [0.5, 0.6) is 0 Å². The van der Waals surface area contributed by atoms with Crippen LogP contribution >= 0.6 is 0 Å². The standard InChI is InChI=1S/C21H18FN3O3/c1-13-19(20(24-28-13)14-7-9-15(22)10-8-14)21(27)23-16-4-2-5-17(12-16)25-11-3-6-18(25)26/h2,4-5,7-10,12H,3,6,11H2,1H3,(H,23,27). The molecular formula is C21H18FN3O3.